The van der Waals surface area contributed by atoms with Crippen molar-refractivity contribution in [3.05, 3.63) is 11.6 Å². The van der Waals surface area contributed by atoms with E-state index < -0.39 is 0 Å². The summed E-state index contributed by atoms with van der Waals surface area (Å²) in [6.07, 6.45) is 3.92. The third kappa shape index (κ3) is 3.17. The van der Waals surface area contributed by atoms with Gasteiger partial charge in [-0.1, -0.05) is 0 Å². The molecular formula is C11H18N4OS. The van der Waals surface area contributed by atoms with E-state index in [0.29, 0.717) is 11.2 Å². The van der Waals surface area contributed by atoms with Gasteiger partial charge in [0.15, 0.2) is 5.13 Å². The first-order valence-corrected chi connectivity index (χ1v) is 6.66. The minimum absolute atomic E-state index is 0.0356. The number of anilines is 1. The van der Waals surface area contributed by atoms with Gasteiger partial charge in [-0.25, -0.2) is 9.78 Å². The van der Waals surface area contributed by atoms with Crippen LogP contribution < -0.4 is 5.32 Å². The fourth-order valence-corrected chi connectivity index (χ4v) is 2.53. The van der Waals surface area contributed by atoms with Crippen molar-refractivity contribution in [2.45, 2.75) is 18.9 Å². The van der Waals surface area contributed by atoms with Crippen molar-refractivity contribution < 1.29 is 4.79 Å². The van der Waals surface area contributed by atoms with Crippen molar-refractivity contribution in [1.29, 1.82) is 0 Å². The standard InChI is InChI=1S/C11H18N4OS/c1-14(2)9-4-3-6-15(8-9)11(16)13-10-12-5-7-17-10/h5,7,9H,3-4,6,8H2,1-2H3,(H,12,13,16). The molecule has 1 aromatic heterocycles. The molecule has 94 valence electrons. The van der Waals surface area contributed by atoms with E-state index in [2.05, 4.69) is 29.3 Å². The smallest absolute Gasteiger partial charge is 0.323 e. The Kier molecular flexibility index (Phi) is 3.96. The zero-order valence-electron chi connectivity index (χ0n) is 10.2. The number of hydrogen-bond acceptors (Lipinski definition) is 4. The van der Waals surface area contributed by atoms with Crippen LogP contribution in [0.15, 0.2) is 11.6 Å². The number of nitrogens with one attached hydrogen (secondary N) is 1. The molecule has 1 aliphatic rings. The first-order valence-electron chi connectivity index (χ1n) is 5.78. The maximum Gasteiger partial charge on any atom is 0.323 e. The Hall–Kier alpha value is -1.14. The summed E-state index contributed by atoms with van der Waals surface area (Å²) >= 11 is 1.44. The Labute approximate surface area is 105 Å². The van der Waals surface area contributed by atoms with Gasteiger partial charge in [-0.05, 0) is 26.9 Å². The Morgan fingerprint density at radius 3 is 3.12 bits per heavy atom. The van der Waals surface area contributed by atoms with Gasteiger partial charge in [0.05, 0.1) is 0 Å². The topological polar surface area (TPSA) is 48.5 Å². The molecule has 0 aromatic carbocycles. The number of carbonyl (C=O) groups excluding carboxylic acids is 1. The monoisotopic (exact) mass is 254 g/mol. The van der Waals surface area contributed by atoms with E-state index in [4.69, 9.17) is 0 Å². The minimum Gasteiger partial charge on any atom is -0.323 e. The number of likely N-dealkylation sites (N-methyl/N-ethyl adjacent to an activating group) is 1. The summed E-state index contributed by atoms with van der Waals surface area (Å²) in [5.74, 6) is 0. The van der Waals surface area contributed by atoms with Gasteiger partial charge < -0.3 is 9.80 Å². The molecule has 2 amide bonds. The molecule has 1 saturated heterocycles. The molecule has 0 bridgehead atoms. The number of carbonyl (C=O) groups is 1. The molecule has 2 heterocycles. The van der Waals surface area contributed by atoms with E-state index in [0.717, 1.165) is 25.9 Å². The van der Waals surface area contributed by atoms with Gasteiger partial charge in [-0.3, -0.25) is 5.32 Å². The summed E-state index contributed by atoms with van der Waals surface area (Å²) in [6, 6.07) is 0.428. The Balaban J connectivity index is 1.91. The van der Waals surface area contributed by atoms with E-state index >= 15 is 0 Å². The summed E-state index contributed by atoms with van der Waals surface area (Å²) in [7, 11) is 4.12. The van der Waals surface area contributed by atoms with Crippen molar-refractivity contribution in [1.82, 2.24) is 14.8 Å². The molecule has 1 atom stereocenters. The number of likely N-dealkylation sites (tertiary alicyclic amines) is 1. The number of rotatable bonds is 2. The lowest BCUT2D eigenvalue weighted by atomic mass is 10.1. The van der Waals surface area contributed by atoms with E-state index in [1.165, 1.54) is 11.3 Å². The van der Waals surface area contributed by atoms with Gasteiger partial charge in [0, 0.05) is 30.7 Å². The predicted molar refractivity (Wildman–Crippen MR) is 69.4 cm³/mol. The van der Waals surface area contributed by atoms with Gasteiger partial charge in [0.1, 0.15) is 0 Å². The summed E-state index contributed by atoms with van der Waals surface area (Å²) in [6.45, 7) is 1.63. The predicted octanol–water partition coefficient (Wildman–Crippen LogP) is 1.70. The van der Waals surface area contributed by atoms with Crippen molar-refractivity contribution in [3.63, 3.8) is 0 Å². The fraction of sp³-hybridized carbons (Fsp3) is 0.636. The fourth-order valence-electron chi connectivity index (χ4n) is 2.02. The number of hydrogen-bond donors (Lipinski definition) is 1. The van der Waals surface area contributed by atoms with Crippen molar-refractivity contribution in [2.75, 3.05) is 32.5 Å². The Morgan fingerprint density at radius 2 is 2.47 bits per heavy atom. The average Bonchev–Trinajstić information content (AvgIpc) is 2.82. The van der Waals surface area contributed by atoms with Gasteiger partial charge >= 0.3 is 6.03 Å². The molecule has 0 aliphatic carbocycles. The van der Waals surface area contributed by atoms with Crippen LogP contribution in [0.5, 0.6) is 0 Å². The molecule has 1 N–H and O–H groups in total. The number of urea groups is 1. The maximum absolute atomic E-state index is 12.0. The highest BCUT2D eigenvalue weighted by Gasteiger charge is 2.24. The molecule has 2 rings (SSSR count). The number of aromatic nitrogens is 1. The molecule has 1 unspecified atom stereocenters. The van der Waals surface area contributed by atoms with Crippen LogP contribution in [-0.2, 0) is 0 Å². The number of piperidine rings is 1. The molecule has 0 radical (unpaired) electrons. The highest BCUT2D eigenvalue weighted by molar-refractivity contribution is 7.13. The first-order chi connectivity index (χ1) is 8.16. The Bertz CT molecular complexity index is 366. The summed E-state index contributed by atoms with van der Waals surface area (Å²) in [5, 5.41) is 5.35. The zero-order valence-corrected chi connectivity index (χ0v) is 11.0. The summed E-state index contributed by atoms with van der Waals surface area (Å²) in [4.78, 5) is 20.1. The third-order valence-electron chi connectivity index (χ3n) is 3.06. The molecule has 17 heavy (non-hydrogen) atoms. The van der Waals surface area contributed by atoms with Crippen LogP contribution in [0.4, 0.5) is 9.93 Å². The molecule has 1 aliphatic heterocycles. The molecule has 1 fully saturated rings. The molecule has 0 saturated carbocycles. The third-order valence-corrected chi connectivity index (χ3v) is 3.75. The van der Waals surface area contributed by atoms with E-state index in [1.54, 1.807) is 6.20 Å². The van der Waals surface area contributed by atoms with Gasteiger partial charge in [-0.2, -0.15) is 0 Å². The maximum atomic E-state index is 12.0. The number of amides is 2. The normalized spacial score (nSPS) is 20.6. The van der Waals surface area contributed by atoms with Crippen molar-refractivity contribution in [2.24, 2.45) is 0 Å². The second kappa shape index (κ2) is 5.46. The van der Waals surface area contributed by atoms with Crippen LogP contribution in [0.3, 0.4) is 0 Å². The molecule has 5 nitrogen and oxygen atoms in total. The summed E-state index contributed by atoms with van der Waals surface area (Å²) in [5.41, 5.74) is 0. The van der Waals surface area contributed by atoms with E-state index in [1.807, 2.05) is 10.3 Å². The molecule has 1 aromatic rings. The quantitative estimate of drug-likeness (QED) is 0.874. The van der Waals surface area contributed by atoms with Crippen LogP contribution in [0, 0.1) is 0 Å². The van der Waals surface area contributed by atoms with Crippen LogP contribution in [0.25, 0.3) is 0 Å². The second-order valence-electron chi connectivity index (χ2n) is 4.47. The van der Waals surface area contributed by atoms with E-state index in [-0.39, 0.29) is 6.03 Å². The summed E-state index contributed by atoms with van der Waals surface area (Å²) < 4.78 is 0. The first kappa shape index (κ1) is 12.3. The zero-order chi connectivity index (χ0) is 12.3. The van der Waals surface area contributed by atoms with Crippen molar-refractivity contribution >= 4 is 22.5 Å². The highest BCUT2D eigenvalue weighted by Crippen LogP contribution is 2.16. The lowest BCUT2D eigenvalue weighted by Gasteiger charge is -2.35. The van der Waals surface area contributed by atoms with Crippen LogP contribution in [0.1, 0.15) is 12.8 Å². The number of thiazole rings is 1. The molecule has 6 heteroatoms. The second-order valence-corrected chi connectivity index (χ2v) is 5.37. The minimum atomic E-state index is -0.0356. The highest BCUT2D eigenvalue weighted by atomic mass is 32.1. The Morgan fingerprint density at radius 1 is 1.65 bits per heavy atom. The van der Waals surface area contributed by atoms with Crippen molar-refractivity contribution in [3.8, 4) is 0 Å². The SMILES string of the molecule is CN(C)C1CCCN(C(=O)Nc2nccs2)C1. The average molecular weight is 254 g/mol. The lowest BCUT2D eigenvalue weighted by Crippen LogP contribution is -2.48. The number of nitrogens with zero attached hydrogens (tertiary/aromatic N) is 3. The van der Waals surface area contributed by atoms with Crippen LogP contribution in [0.2, 0.25) is 0 Å². The largest absolute Gasteiger partial charge is 0.323 e. The van der Waals surface area contributed by atoms with Gasteiger partial charge in [-0.15, -0.1) is 11.3 Å². The van der Waals surface area contributed by atoms with E-state index in [9.17, 15) is 4.79 Å². The van der Waals surface area contributed by atoms with Gasteiger partial charge in [0.2, 0.25) is 0 Å². The van der Waals surface area contributed by atoms with Crippen LogP contribution in [-0.4, -0.2) is 54.0 Å². The van der Waals surface area contributed by atoms with Gasteiger partial charge in [0.25, 0.3) is 0 Å². The molecule has 0 spiro atoms. The van der Waals surface area contributed by atoms with Crippen LogP contribution >= 0.6 is 11.3 Å². The molecular weight excluding hydrogens is 236 g/mol. The lowest BCUT2D eigenvalue weighted by molar-refractivity contribution is 0.148.